The lowest BCUT2D eigenvalue weighted by atomic mass is 9.97. The molecule has 15 heteroatoms. The average molecular weight is 597 g/mol. The second-order valence-electron chi connectivity index (χ2n) is 10.1. The first-order valence-electron chi connectivity index (χ1n) is 13.0. The fourth-order valence-electron chi connectivity index (χ4n) is 4.99. The van der Waals surface area contributed by atoms with Gasteiger partial charge in [0.2, 0.25) is 6.29 Å². The van der Waals surface area contributed by atoms with Crippen LogP contribution in [0.25, 0.3) is 6.08 Å². The summed E-state index contributed by atoms with van der Waals surface area (Å²) in [5, 5.41) is 102. The maximum atomic E-state index is 11.0. The fraction of sp³-hybridized carbons (Fsp3) is 0.481. The first-order chi connectivity index (χ1) is 20.0. The molecule has 1 unspecified atom stereocenters. The minimum atomic E-state index is -1.86. The Bertz CT molecular complexity index is 1270. The van der Waals surface area contributed by atoms with Gasteiger partial charge in [0.25, 0.3) is 0 Å². The summed E-state index contributed by atoms with van der Waals surface area (Å²) in [7, 11) is 0. The van der Waals surface area contributed by atoms with E-state index in [1.54, 1.807) is 0 Å². The number of rotatable bonds is 7. The Morgan fingerprint density at radius 3 is 1.95 bits per heavy atom. The van der Waals surface area contributed by atoms with Gasteiger partial charge < -0.3 is 74.7 Å². The molecule has 0 saturated carbocycles. The van der Waals surface area contributed by atoms with Crippen LogP contribution in [0.4, 0.5) is 0 Å². The average Bonchev–Trinajstić information content (AvgIpc) is 2.97. The molecule has 0 amide bonds. The monoisotopic (exact) mass is 596 g/mol. The highest BCUT2D eigenvalue weighted by Gasteiger charge is 2.52. The van der Waals surface area contributed by atoms with Crippen LogP contribution in [-0.4, -0.2) is 126 Å². The molecule has 15 nitrogen and oxygen atoms in total. The molecule has 10 N–H and O–H groups in total. The SMILES string of the molecule is OC[C@@H]1O[C@@H](OC2=Cc3c(O)cc(O)cc3OC2c2ccc(O)cc2)[C@H](O[C@@H]2O[C@H](CO)[C@@H](O)[C@H](O)[C@H]2O)[C@@H](O)[C@@H]1O. The molecule has 0 aromatic heterocycles. The summed E-state index contributed by atoms with van der Waals surface area (Å²) in [4.78, 5) is 0. The number of ether oxygens (including phenoxy) is 5. The zero-order chi connectivity index (χ0) is 30.3. The molecule has 230 valence electrons. The van der Waals surface area contributed by atoms with Crippen molar-refractivity contribution in [2.24, 2.45) is 0 Å². The summed E-state index contributed by atoms with van der Waals surface area (Å²) < 4.78 is 28.9. The Labute approximate surface area is 238 Å². The highest BCUT2D eigenvalue weighted by atomic mass is 16.8. The topological polar surface area (TPSA) is 248 Å². The van der Waals surface area contributed by atoms with Gasteiger partial charge in [-0.3, -0.25) is 0 Å². The summed E-state index contributed by atoms with van der Waals surface area (Å²) in [6.45, 7) is -1.49. The van der Waals surface area contributed by atoms with Gasteiger partial charge in [-0.05, 0) is 18.2 Å². The molecule has 2 saturated heterocycles. The molecule has 0 bridgehead atoms. The minimum Gasteiger partial charge on any atom is -0.508 e. The van der Waals surface area contributed by atoms with Crippen LogP contribution < -0.4 is 4.74 Å². The van der Waals surface area contributed by atoms with Gasteiger partial charge in [-0.15, -0.1) is 0 Å². The van der Waals surface area contributed by atoms with Gasteiger partial charge in [0, 0.05) is 17.7 Å². The number of phenolic OH excluding ortho intramolecular Hbond substituents is 3. The molecule has 0 spiro atoms. The van der Waals surface area contributed by atoms with Crippen LogP contribution in [0.2, 0.25) is 0 Å². The van der Waals surface area contributed by atoms with E-state index >= 15 is 0 Å². The minimum absolute atomic E-state index is 0.0387. The third kappa shape index (κ3) is 5.71. The molecule has 5 rings (SSSR count). The van der Waals surface area contributed by atoms with E-state index in [-0.39, 0.29) is 34.3 Å². The Morgan fingerprint density at radius 1 is 0.690 bits per heavy atom. The van der Waals surface area contributed by atoms with E-state index in [0.29, 0.717) is 5.56 Å². The highest BCUT2D eigenvalue weighted by Crippen LogP contribution is 2.45. The Kier molecular flexibility index (Phi) is 8.77. The van der Waals surface area contributed by atoms with Crippen molar-refractivity contribution in [1.82, 2.24) is 0 Å². The van der Waals surface area contributed by atoms with Crippen molar-refractivity contribution in [3.05, 3.63) is 53.3 Å². The van der Waals surface area contributed by atoms with E-state index in [9.17, 15) is 51.1 Å². The van der Waals surface area contributed by atoms with Crippen molar-refractivity contribution in [1.29, 1.82) is 0 Å². The van der Waals surface area contributed by atoms with Gasteiger partial charge >= 0.3 is 0 Å². The van der Waals surface area contributed by atoms with E-state index < -0.39 is 80.7 Å². The van der Waals surface area contributed by atoms with Crippen LogP contribution in [-0.2, 0) is 18.9 Å². The van der Waals surface area contributed by atoms with Crippen molar-refractivity contribution in [2.45, 2.75) is 67.5 Å². The standard InChI is InChI=1S/C27H32O15/c28-8-17-19(33)21(35)23(37)26(40-17)42-25-22(36)20(34)18(9-29)41-27(25)39-16-7-13-14(32)5-12(31)6-15(13)38-24(16)10-1-3-11(30)4-2-10/h1-7,17-37H,8-9H2/t17-,18+,19-,20-,21+,22+,23-,24?,25-,26+,27-/m1/s1. The molecule has 2 aromatic rings. The summed E-state index contributed by atoms with van der Waals surface area (Å²) >= 11 is 0. The largest absolute Gasteiger partial charge is 0.508 e. The number of phenols is 3. The van der Waals surface area contributed by atoms with Crippen LogP contribution in [0.15, 0.2) is 42.2 Å². The first-order valence-corrected chi connectivity index (χ1v) is 13.0. The van der Waals surface area contributed by atoms with Crippen molar-refractivity contribution < 1.29 is 74.7 Å². The summed E-state index contributed by atoms with van der Waals surface area (Å²) in [6, 6.07) is 8.14. The third-order valence-corrected chi connectivity index (χ3v) is 7.31. The van der Waals surface area contributed by atoms with E-state index in [4.69, 9.17) is 23.7 Å². The lowest BCUT2D eigenvalue weighted by Gasteiger charge is -2.46. The number of fused-ring (bicyclic) bond motifs is 1. The van der Waals surface area contributed by atoms with E-state index in [1.165, 1.54) is 36.4 Å². The maximum absolute atomic E-state index is 11.0. The lowest BCUT2D eigenvalue weighted by molar-refractivity contribution is -0.364. The van der Waals surface area contributed by atoms with Gasteiger partial charge in [0.1, 0.15) is 71.5 Å². The summed E-state index contributed by atoms with van der Waals surface area (Å²) in [5.74, 6) is -0.636. The second-order valence-corrected chi connectivity index (χ2v) is 10.1. The number of hydrogen-bond acceptors (Lipinski definition) is 15. The first kappa shape index (κ1) is 30.2. The van der Waals surface area contributed by atoms with Crippen molar-refractivity contribution >= 4 is 6.08 Å². The number of aliphatic hydroxyl groups excluding tert-OH is 7. The molecule has 3 heterocycles. The van der Waals surface area contributed by atoms with E-state index in [1.807, 2.05) is 0 Å². The molecular formula is C27H32O15. The normalized spacial score (nSPS) is 36.5. The highest BCUT2D eigenvalue weighted by molar-refractivity contribution is 5.69. The quantitative estimate of drug-likeness (QED) is 0.165. The van der Waals surface area contributed by atoms with E-state index in [0.717, 1.165) is 6.07 Å². The second kappa shape index (κ2) is 12.2. The Morgan fingerprint density at radius 2 is 1.31 bits per heavy atom. The van der Waals surface area contributed by atoms with Gasteiger partial charge in [0.15, 0.2) is 18.5 Å². The van der Waals surface area contributed by atoms with Crippen LogP contribution in [0.1, 0.15) is 17.2 Å². The van der Waals surface area contributed by atoms with Crippen LogP contribution in [0.5, 0.6) is 23.0 Å². The number of aromatic hydroxyl groups is 3. The molecule has 0 aliphatic carbocycles. The van der Waals surface area contributed by atoms with E-state index in [2.05, 4.69) is 0 Å². The predicted octanol–water partition coefficient (Wildman–Crippen LogP) is -2.08. The van der Waals surface area contributed by atoms with Crippen LogP contribution in [0, 0.1) is 0 Å². The van der Waals surface area contributed by atoms with Crippen molar-refractivity contribution in [2.75, 3.05) is 13.2 Å². The third-order valence-electron chi connectivity index (χ3n) is 7.31. The zero-order valence-corrected chi connectivity index (χ0v) is 21.8. The van der Waals surface area contributed by atoms with Crippen molar-refractivity contribution in [3.63, 3.8) is 0 Å². The number of benzene rings is 2. The van der Waals surface area contributed by atoms with Gasteiger partial charge in [-0.1, -0.05) is 12.1 Å². The maximum Gasteiger partial charge on any atom is 0.229 e. The predicted molar refractivity (Wildman–Crippen MR) is 137 cm³/mol. The smallest absolute Gasteiger partial charge is 0.229 e. The fourth-order valence-corrected chi connectivity index (χ4v) is 4.99. The lowest BCUT2D eigenvalue weighted by Crippen LogP contribution is -2.64. The Balaban J connectivity index is 1.50. The van der Waals surface area contributed by atoms with Gasteiger partial charge in [-0.25, -0.2) is 0 Å². The molecule has 0 radical (unpaired) electrons. The molecule has 42 heavy (non-hydrogen) atoms. The molecule has 3 aliphatic rings. The van der Waals surface area contributed by atoms with Gasteiger partial charge in [0.05, 0.1) is 18.8 Å². The molecule has 11 atom stereocenters. The molecular weight excluding hydrogens is 564 g/mol. The number of hydrogen-bond donors (Lipinski definition) is 10. The summed E-state index contributed by atoms with van der Waals surface area (Å²) in [6.07, 6.45) is -16.3. The summed E-state index contributed by atoms with van der Waals surface area (Å²) in [5.41, 5.74) is 0.549. The van der Waals surface area contributed by atoms with Gasteiger partial charge in [-0.2, -0.15) is 0 Å². The molecule has 2 aromatic carbocycles. The van der Waals surface area contributed by atoms with Crippen molar-refractivity contribution in [3.8, 4) is 23.0 Å². The van der Waals surface area contributed by atoms with Crippen LogP contribution in [0.3, 0.4) is 0 Å². The number of aliphatic hydroxyl groups is 7. The zero-order valence-electron chi connectivity index (χ0n) is 21.8. The molecule has 3 aliphatic heterocycles. The van der Waals surface area contributed by atoms with Crippen LogP contribution >= 0.6 is 0 Å². The molecule has 2 fully saturated rings. The Hall–Kier alpha value is -3.22.